The van der Waals surface area contributed by atoms with E-state index in [0.717, 1.165) is 64.5 Å². The molecule has 1 fully saturated rings. The number of nitrogens with two attached hydrogens (primary N) is 1. The van der Waals surface area contributed by atoms with Crippen LogP contribution in [0, 0.1) is 0 Å². The van der Waals surface area contributed by atoms with Crippen LogP contribution in [0.25, 0.3) is 44.2 Å². The maximum absolute atomic E-state index is 11.5. The van der Waals surface area contributed by atoms with Crippen molar-refractivity contribution < 1.29 is 12.8 Å². The molecule has 1 aliphatic heterocycles. The summed E-state index contributed by atoms with van der Waals surface area (Å²) in [4.78, 5) is 10.8. The van der Waals surface area contributed by atoms with E-state index < -0.39 is 9.84 Å². The molecule has 4 aromatic heterocycles. The van der Waals surface area contributed by atoms with E-state index in [-0.39, 0.29) is 11.8 Å². The second-order valence-electron chi connectivity index (χ2n) is 9.72. The van der Waals surface area contributed by atoms with Crippen molar-refractivity contribution in [2.75, 3.05) is 37.4 Å². The summed E-state index contributed by atoms with van der Waals surface area (Å²) < 4.78 is 31.2. The highest BCUT2D eigenvalue weighted by Crippen LogP contribution is 2.38. The highest BCUT2D eigenvalue weighted by atomic mass is 32.2. The van der Waals surface area contributed by atoms with Gasteiger partial charge in [0.15, 0.2) is 11.4 Å². The number of sulfone groups is 1. The number of nitrogens with zero attached hydrogens (tertiary/aromatic N) is 5. The lowest BCUT2D eigenvalue weighted by molar-refractivity contribution is 0.188. The van der Waals surface area contributed by atoms with Crippen molar-refractivity contribution in [2.24, 2.45) is 0 Å². The number of furan rings is 1. The molecule has 190 valence electrons. The topological polar surface area (TPSA) is 120 Å². The van der Waals surface area contributed by atoms with Crippen LogP contribution in [0.2, 0.25) is 0 Å². The van der Waals surface area contributed by atoms with Gasteiger partial charge in [-0.2, -0.15) is 5.10 Å². The number of piperidine rings is 1. The normalized spacial score (nSPS) is 15.6. The highest BCUT2D eigenvalue weighted by molar-refractivity contribution is 7.90. The van der Waals surface area contributed by atoms with Gasteiger partial charge < -0.3 is 15.1 Å². The first-order valence-electron chi connectivity index (χ1n) is 12.3. The van der Waals surface area contributed by atoms with Crippen LogP contribution in [0.1, 0.15) is 18.9 Å². The Morgan fingerprint density at radius 2 is 1.92 bits per heavy atom. The van der Waals surface area contributed by atoms with E-state index in [2.05, 4.69) is 26.2 Å². The molecular formula is C27H28N6O3S. The first-order chi connectivity index (χ1) is 17.9. The molecule has 5 heterocycles. The predicted octanol–water partition coefficient (Wildman–Crippen LogP) is 4.17. The van der Waals surface area contributed by atoms with Crippen LogP contribution in [0.15, 0.2) is 65.7 Å². The number of likely N-dealkylation sites (tertiary alicyclic amines) is 1. The number of rotatable bonds is 6. The molecule has 6 rings (SSSR count). The van der Waals surface area contributed by atoms with Gasteiger partial charge in [-0.05, 0) is 30.4 Å². The van der Waals surface area contributed by atoms with Gasteiger partial charge in [-0.1, -0.05) is 18.2 Å². The Morgan fingerprint density at radius 3 is 2.73 bits per heavy atom. The lowest BCUT2D eigenvalue weighted by Gasteiger charge is -2.31. The van der Waals surface area contributed by atoms with Gasteiger partial charge in [0, 0.05) is 78.1 Å². The Labute approximate surface area is 214 Å². The monoisotopic (exact) mass is 516 g/mol. The van der Waals surface area contributed by atoms with Crippen molar-refractivity contribution in [3.8, 4) is 22.5 Å². The van der Waals surface area contributed by atoms with Crippen LogP contribution in [0.3, 0.4) is 0 Å². The fourth-order valence-corrected chi connectivity index (χ4v) is 5.71. The Hall–Kier alpha value is -3.76. The molecule has 10 heteroatoms. The Kier molecular flexibility index (Phi) is 5.92. The lowest BCUT2D eigenvalue weighted by atomic mass is 10.0. The van der Waals surface area contributed by atoms with E-state index in [4.69, 9.17) is 10.2 Å². The molecule has 1 aromatic carbocycles. The van der Waals surface area contributed by atoms with E-state index in [1.165, 1.54) is 6.26 Å². The molecule has 0 amide bonds. The minimum Gasteiger partial charge on any atom is -0.452 e. The van der Waals surface area contributed by atoms with E-state index in [9.17, 15) is 8.42 Å². The highest BCUT2D eigenvalue weighted by Gasteiger charge is 2.23. The molecule has 2 N–H and O–H groups in total. The number of anilines is 1. The maximum atomic E-state index is 11.5. The van der Waals surface area contributed by atoms with Crippen LogP contribution in [0.4, 0.5) is 5.82 Å². The number of fused-ring (bicyclic) bond motifs is 2. The molecule has 0 saturated carbocycles. The third-order valence-electron chi connectivity index (χ3n) is 7.16. The number of hydrogen-bond donors (Lipinski definition) is 1. The molecule has 9 nitrogen and oxygen atoms in total. The van der Waals surface area contributed by atoms with Crippen molar-refractivity contribution in [3.05, 3.63) is 61.3 Å². The van der Waals surface area contributed by atoms with Gasteiger partial charge in [-0.25, -0.2) is 13.4 Å². The molecule has 0 radical (unpaired) electrons. The van der Waals surface area contributed by atoms with E-state index >= 15 is 0 Å². The van der Waals surface area contributed by atoms with Gasteiger partial charge in [0.2, 0.25) is 0 Å². The van der Waals surface area contributed by atoms with Crippen LogP contribution in [0.5, 0.6) is 0 Å². The summed E-state index contributed by atoms with van der Waals surface area (Å²) in [5.74, 6) is 1.27. The molecule has 0 spiro atoms. The lowest BCUT2D eigenvalue weighted by Crippen LogP contribution is -2.37. The van der Waals surface area contributed by atoms with Crippen molar-refractivity contribution in [2.45, 2.75) is 18.9 Å². The van der Waals surface area contributed by atoms with Gasteiger partial charge in [-0.15, -0.1) is 0 Å². The zero-order valence-corrected chi connectivity index (χ0v) is 21.4. The quantitative estimate of drug-likeness (QED) is 0.357. The smallest absolute Gasteiger partial charge is 0.177 e. The van der Waals surface area contributed by atoms with E-state index in [0.29, 0.717) is 17.9 Å². The summed E-state index contributed by atoms with van der Waals surface area (Å²) in [6, 6.07) is 10.3. The molecule has 5 aromatic rings. The zero-order valence-electron chi connectivity index (χ0n) is 20.5. The number of hydrogen-bond acceptors (Lipinski definition) is 8. The largest absolute Gasteiger partial charge is 0.452 e. The molecule has 0 atom stereocenters. The average Bonchev–Trinajstić information content (AvgIpc) is 3.56. The van der Waals surface area contributed by atoms with E-state index in [1.54, 1.807) is 12.4 Å². The molecule has 0 bridgehead atoms. The number of pyridine rings is 2. The van der Waals surface area contributed by atoms with Crippen molar-refractivity contribution in [1.29, 1.82) is 0 Å². The summed E-state index contributed by atoms with van der Waals surface area (Å²) in [7, 11) is -2.95. The summed E-state index contributed by atoms with van der Waals surface area (Å²) >= 11 is 0. The van der Waals surface area contributed by atoms with E-state index in [1.807, 2.05) is 47.4 Å². The third-order valence-corrected chi connectivity index (χ3v) is 8.08. The second kappa shape index (κ2) is 9.28. The number of benzene rings is 1. The van der Waals surface area contributed by atoms with Gasteiger partial charge in [0.1, 0.15) is 15.6 Å². The summed E-state index contributed by atoms with van der Waals surface area (Å²) in [6.45, 7) is 2.30. The summed E-state index contributed by atoms with van der Waals surface area (Å²) in [6.07, 6.45) is 12.4. The third kappa shape index (κ3) is 4.70. The number of nitrogen functional groups attached to an aromatic ring is 1. The van der Waals surface area contributed by atoms with Gasteiger partial charge in [-0.3, -0.25) is 9.67 Å². The second-order valence-corrected chi connectivity index (χ2v) is 12.0. The Balaban J connectivity index is 1.28. The molecule has 0 unspecified atom stereocenters. The summed E-state index contributed by atoms with van der Waals surface area (Å²) in [5.41, 5.74) is 9.61. The van der Waals surface area contributed by atoms with Gasteiger partial charge in [0.25, 0.3) is 0 Å². The Bertz CT molecular complexity index is 1690. The van der Waals surface area contributed by atoms with Crippen LogP contribution in [-0.2, 0) is 9.84 Å². The first kappa shape index (κ1) is 23.6. The van der Waals surface area contributed by atoms with Crippen molar-refractivity contribution >= 4 is 37.4 Å². The van der Waals surface area contributed by atoms with Crippen molar-refractivity contribution in [1.82, 2.24) is 24.6 Å². The maximum Gasteiger partial charge on any atom is 0.177 e. The zero-order chi connectivity index (χ0) is 25.6. The van der Waals surface area contributed by atoms with Crippen LogP contribution < -0.4 is 5.73 Å². The Morgan fingerprint density at radius 1 is 1.08 bits per heavy atom. The average molecular weight is 517 g/mol. The van der Waals surface area contributed by atoms with Crippen LogP contribution >= 0.6 is 0 Å². The van der Waals surface area contributed by atoms with Crippen molar-refractivity contribution in [3.63, 3.8) is 0 Å². The van der Waals surface area contributed by atoms with Gasteiger partial charge >= 0.3 is 0 Å². The fourth-order valence-electron chi connectivity index (χ4n) is 5.12. The molecule has 37 heavy (non-hydrogen) atoms. The minimum atomic E-state index is -2.95. The minimum absolute atomic E-state index is 0.200. The molecule has 1 aliphatic rings. The molecule has 1 saturated heterocycles. The number of aromatic nitrogens is 4. The predicted molar refractivity (Wildman–Crippen MR) is 145 cm³/mol. The van der Waals surface area contributed by atoms with Gasteiger partial charge in [0.05, 0.1) is 18.0 Å². The first-order valence-corrected chi connectivity index (χ1v) is 14.4. The fraction of sp³-hybridized carbons (Fsp3) is 0.296. The standard InChI is InChI=1S/C27H28N6O3S/c1-37(34,35)12-11-32-9-6-20(7-10-32)33-17-19(15-31-33)24-16-30-27(28)26-23(24)13-25(36-26)22-4-2-3-18-14-29-8-5-21(18)22/h2-5,8,13-17,20H,6-7,9-12H2,1H3,(H2,28,30). The molecular weight excluding hydrogens is 488 g/mol. The molecule has 0 aliphatic carbocycles. The summed E-state index contributed by atoms with van der Waals surface area (Å²) in [5, 5.41) is 7.65. The van der Waals surface area contributed by atoms with Crippen LogP contribution in [-0.4, -0.2) is 64.7 Å². The SMILES string of the molecule is CS(=O)(=O)CCN1CCC(n2cc(-c3cnc(N)c4oc(-c5cccc6cnccc56)cc34)cn2)CC1.